The summed E-state index contributed by atoms with van der Waals surface area (Å²) < 4.78 is 16.9. The summed E-state index contributed by atoms with van der Waals surface area (Å²) in [6, 6.07) is 0.0786. The van der Waals surface area contributed by atoms with E-state index in [0.717, 1.165) is 19.4 Å². The maximum atomic E-state index is 12.8. The third kappa shape index (κ3) is 3.41. The molecule has 1 aliphatic carbocycles. The Morgan fingerprint density at radius 2 is 2.30 bits per heavy atom. The summed E-state index contributed by atoms with van der Waals surface area (Å²) in [6.45, 7) is 4.49. The second-order valence-electron chi connectivity index (χ2n) is 6.49. The molecule has 0 radical (unpaired) electrons. The quantitative estimate of drug-likeness (QED) is 0.803. The van der Waals surface area contributed by atoms with Crippen LogP contribution in [0.4, 0.5) is 0 Å². The van der Waals surface area contributed by atoms with Crippen molar-refractivity contribution in [1.29, 1.82) is 0 Å². The second kappa shape index (κ2) is 6.98. The Hall–Kier alpha value is -1.44. The molecule has 1 aliphatic heterocycles. The number of hydrogen-bond donors (Lipinski definition) is 0. The first-order chi connectivity index (χ1) is 11.1. The molecule has 0 N–H and O–H groups in total. The number of ether oxygens (including phenoxy) is 2. The van der Waals surface area contributed by atoms with Crippen molar-refractivity contribution in [3.8, 4) is 0 Å². The van der Waals surface area contributed by atoms with Gasteiger partial charge in [0, 0.05) is 13.1 Å². The smallest absolute Gasteiger partial charge is 0.259 e. The number of aryl methyl sites for hydroxylation is 1. The van der Waals surface area contributed by atoms with Crippen molar-refractivity contribution in [2.45, 2.75) is 38.0 Å². The van der Waals surface area contributed by atoms with Gasteiger partial charge in [-0.05, 0) is 33.9 Å². The Kier molecular flexibility index (Phi) is 4.99. The van der Waals surface area contributed by atoms with Crippen LogP contribution in [0, 0.1) is 6.92 Å². The normalized spacial score (nSPS) is 27.5. The fourth-order valence-electron chi connectivity index (χ4n) is 3.39. The summed E-state index contributed by atoms with van der Waals surface area (Å²) in [5.41, 5.74) is 0.544. The number of nitrogens with zero attached hydrogens (tertiary/aromatic N) is 3. The molecule has 7 nitrogen and oxygen atoms in total. The van der Waals surface area contributed by atoms with Gasteiger partial charge in [0.2, 0.25) is 0 Å². The van der Waals surface area contributed by atoms with Crippen molar-refractivity contribution in [2.24, 2.45) is 0 Å². The lowest BCUT2D eigenvalue weighted by molar-refractivity contribution is -0.105. The van der Waals surface area contributed by atoms with Crippen LogP contribution in [0.15, 0.2) is 10.7 Å². The predicted octanol–water partition coefficient (Wildman–Crippen LogP) is 0.933. The molecule has 2 aliphatic rings. The van der Waals surface area contributed by atoms with Crippen LogP contribution in [0.3, 0.4) is 0 Å². The van der Waals surface area contributed by atoms with Crippen LogP contribution < -0.4 is 0 Å². The third-order valence-electron chi connectivity index (χ3n) is 4.65. The molecule has 1 saturated carbocycles. The van der Waals surface area contributed by atoms with E-state index in [4.69, 9.17) is 14.0 Å². The zero-order valence-corrected chi connectivity index (χ0v) is 14.0. The molecule has 128 valence electrons. The van der Waals surface area contributed by atoms with Crippen molar-refractivity contribution in [3.05, 3.63) is 17.5 Å². The summed E-state index contributed by atoms with van der Waals surface area (Å²) in [6.07, 6.45) is 3.37. The SMILES string of the molecule is Cc1oncc1C(=O)N1CCO[C@H]2[C@H](OCCN(C)C)CC[C@@H]21. The number of fused-ring (bicyclic) bond motifs is 1. The van der Waals surface area contributed by atoms with Crippen LogP contribution in [0.1, 0.15) is 29.0 Å². The molecule has 1 saturated heterocycles. The van der Waals surface area contributed by atoms with E-state index in [-0.39, 0.29) is 24.2 Å². The fraction of sp³-hybridized carbons (Fsp3) is 0.750. The Bertz CT molecular complexity index is 545. The van der Waals surface area contributed by atoms with Crippen LogP contribution in [-0.2, 0) is 9.47 Å². The van der Waals surface area contributed by atoms with Crippen molar-refractivity contribution in [3.63, 3.8) is 0 Å². The van der Waals surface area contributed by atoms with E-state index >= 15 is 0 Å². The zero-order valence-electron chi connectivity index (χ0n) is 14.0. The predicted molar refractivity (Wildman–Crippen MR) is 83.3 cm³/mol. The highest BCUT2D eigenvalue weighted by Gasteiger charge is 2.45. The number of morpholine rings is 1. The van der Waals surface area contributed by atoms with E-state index in [1.807, 2.05) is 19.0 Å². The molecule has 0 unspecified atom stereocenters. The number of rotatable bonds is 5. The highest BCUT2D eigenvalue weighted by atomic mass is 16.5. The summed E-state index contributed by atoms with van der Waals surface area (Å²) in [5.74, 6) is 0.547. The Morgan fingerprint density at radius 1 is 1.48 bits per heavy atom. The number of aromatic nitrogens is 1. The fourth-order valence-corrected chi connectivity index (χ4v) is 3.39. The van der Waals surface area contributed by atoms with Gasteiger partial charge in [-0.3, -0.25) is 4.79 Å². The highest BCUT2D eigenvalue weighted by Crippen LogP contribution is 2.33. The van der Waals surface area contributed by atoms with Crippen LogP contribution in [0.2, 0.25) is 0 Å². The molecule has 0 aromatic carbocycles. The number of likely N-dealkylation sites (N-methyl/N-ethyl adjacent to an activating group) is 1. The Morgan fingerprint density at radius 3 is 3.00 bits per heavy atom. The summed E-state index contributed by atoms with van der Waals surface area (Å²) in [5, 5.41) is 3.71. The maximum Gasteiger partial charge on any atom is 0.259 e. The minimum absolute atomic E-state index is 0.0176. The second-order valence-corrected chi connectivity index (χ2v) is 6.49. The molecule has 1 aromatic heterocycles. The van der Waals surface area contributed by atoms with Gasteiger partial charge < -0.3 is 23.8 Å². The van der Waals surface area contributed by atoms with Gasteiger partial charge in [-0.2, -0.15) is 0 Å². The summed E-state index contributed by atoms with van der Waals surface area (Å²) >= 11 is 0. The highest BCUT2D eigenvalue weighted by molar-refractivity contribution is 5.95. The zero-order chi connectivity index (χ0) is 16.4. The van der Waals surface area contributed by atoms with E-state index in [2.05, 4.69) is 10.1 Å². The first kappa shape index (κ1) is 16.4. The molecule has 7 heteroatoms. The van der Waals surface area contributed by atoms with Gasteiger partial charge in [0.1, 0.15) is 17.4 Å². The standard InChI is InChI=1S/C16H25N3O4/c1-11-12(10-17-23-11)16(20)19-7-9-22-15-13(19)4-5-14(15)21-8-6-18(2)3/h10,13-15H,4-9H2,1-3H3/t13-,14+,15+/m0/s1. The van der Waals surface area contributed by atoms with Crippen LogP contribution >= 0.6 is 0 Å². The van der Waals surface area contributed by atoms with Crippen LogP contribution in [0.5, 0.6) is 0 Å². The number of amides is 1. The van der Waals surface area contributed by atoms with Gasteiger partial charge >= 0.3 is 0 Å². The van der Waals surface area contributed by atoms with E-state index < -0.39 is 0 Å². The monoisotopic (exact) mass is 323 g/mol. The van der Waals surface area contributed by atoms with Crippen molar-refractivity contribution in [1.82, 2.24) is 15.0 Å². The number of hydrogen-bond acceptors (Lipinski definition) is 6. The first-order valence-electron chi connectivity index (χ1n) is 8.18. The molecule has 2 heterocycles. The molecule has 3 atom stereocenters. The van der Waals surface area contributed by atoms with Gasteiger partial charge in [0.05, 0.1) is 31.6 Å². The molecule has 0 bridgehead atoms. The van der Waals surface area contributed by atoms with Gasteiger partial charge in [-0.1, -0.05) is 5.16 Å². The van der Waals surface area contributed by atoms with Crippen LogP contribution in [-0.4, -0.2) is 79.5 Å². The molecule has 3 rings (SSSR count). The molecule has 23 heavy (non-hydrogen) atoms. The lowest BCUT2D eigenvalue weighted by Gasteiger charge is -2.39. The largest absolute Gasteiger partial charge is 0.374 e. The summed E-state index contributed by atoms with van der Waals surface area (Å²) in [7, 11) is 4.05. The molecule has 0 spiro atoms. The van der Waals surface area contributed by atoms with Crippen molar-refractivity contribution in [2.75, 3.05) is 40.4 Å². The Labute approximate surface area is 136 Å². The number of carbonyl (C=O) groups is 1. The maximum absolute atomic E-state index is 12.8. The molecule has 1 amide bonds. The van der Waals surface area contributed by atoms with Crippen molar-refractivity contribution < 1.29 is 18.8 Å². The van der Waals surface area contributed by atoms with E-state index in [1.54, 1.807) is 6.92 Å². The van der Waals surface area contributed by atoms with E-state index in [9.17, 15) is 4.79 Å². The molecular weight excluding hydrogens is 298 g/mol. The average molecular weight is 323 g/mol. The van der Waals surface area contributed by atoms with E-state index in [1.165, 1.54) is 6.20 Å². The Balaban J connectivity index is 1.64. The van der Waals surface area contributed by atoms with Gasteiger partial charge in [0.15, 0.2) is 0 Å². The molecule has 1 aromatic rings. The average Bonchev–Trinajstić information content (AvgIpc) is 3.12. The van der Waals surface area contributed by atoms with Gasteiger partial charge in [0.25, 0.3) is 5.91 Å². The van der Waals surface area contributed by atoms with Crippen LogP contribution in [0.25, 0.3) is 0 Å². The van der Waals surface area contributed by atoms with E-state index in [0.29, 0.717) is 31.1 Å². The lowest BCUT2D eigenvalue weighted by Crippen LogP contribution is -2.54. The lowest BCUT2D eigenvalue weighted by atomic mass is 10.1. The third-order valence-corrected chi connectivity index (χ3v) is 4.65. The van der Waals surface area contributed by atoms with Crippen molar-refractivity contribution >= 4 is 5.91 Å². The molecular formula is C16H25N3O4. The minimum atomic E-state index is -0.0324. The van der Waals surface area contributed by atoms with Gasteiger partial charge in [-0.15, -0.1) is 0 Å². The first-order valence-corrected chi connectivity index (χ1v) is 8.18. The molecule has 2 fully saturated rings. The topological polar surface area (TPSA) is 68.0 Å². The number of carbonyl (C=O) groups excluding carboxylic acids is 1. The summed E-state index contributed by atoms with van der Waals surface area (Å²) in [4.78, 5) is 16.8. The van der Waals surface area contributed by atoms with Gasteiger partial charge in [-0.25, -0.2) is 0 Å². The minimum Gasteiger partial charge on any atom is -0.374 e.